The Hall–Kier alpha value is -3.69. The summed E-state index contributed by atoms with van der Waals surface area (Å²) in [7, 11) is 1.64. The maximum Gasteiger partial charge on any atom is 0.275 e. The lowest BCUT2D eigenvalue weighted by Crippen LogP contribution is -2.36. The second kappa shape index (κ2) is 6.68. The summed E-state index contributed by atoms with van der Waals surface area (Å²) >= 11 is 0. The summed E-state index contributed by atoms with van der Waals surface area (Å²) in [4.78, 5) is 18.7. The second-order valence-corrected chi connectivity index (χ2v) is 7.12. The van der Waals surface area contributed by atoms with Gasteiger partial charge < -0.3 is 4.90 Å². The molecule has 5 rings (SSSR count). The second-order valence-electron chi connectivity index (χ2n) is 7.12. The first-order valence-corrected chi connectivity index (χ1v) is 9.21. The number of halogens is 3. The van der Waals surface area contributed by atoms with Gasteiger partial charge in [0.25, 0.3) is 5.91 Å². The summed E-state index contributed by atoms with van der Waals surface area (Å²) in [5, 5.41) is 12.0. The number of aryl methyl sites for hydroxylation is 1. The lowest BCUT2D eigenvalue weighted by atomic mass is 9.99. The lowest BCUT2D eigenvalue weighted by Gasteiger charge is -2.26. The van der Waals surface area contributed by atoms with Gasteiger partial charge in [-0.2, -0.15) is 10.2 Å². The lowest BCUT2D eigenvalue weighted by molar-refractivity contribution is 0.0728. The minimum atomic E-state index is -1.51. The van der Waals surface area contributed by atoms with Gasteiger partial charge in [-0.1, -0.05) is 0 Å². The van der Waals surface area contributed by atoms with E-state index in [1.54, 1.807) is 30.4 Å². The van der Waals surface area contributed by atoms with Gasteiger partial charge in [0.1, 0.15) is 0 Å². The van der Waals surface area contributed by atoms with Crippen molar-refractivity contribution >= 4 is 16.8 Å². The molecular weight excluding hydrogens is 397 g/mol. The number of aromatic amines is 1. The molecule has 10 heteroatoms. The molecule has 152 valence electrons. The molecule has 1 aliphatic heterocycles. The van der Waals surface area contributed by atoms with Gasteiger partial charge >= 0.3 is 0 Å². The molecular formula is C20H15F3N6O. The fraction of sp³-hybridized carbons (Fsp3) is 0.200. The van der Waals surface area contributed by atoms with Gasteiger partial charge in [0, 0.05) is 37.1 Å². The number of benzene rings is 1. The fourth-order valence-corrected chi connectivity index (χ4v) is 3.92. The molecule has 4 heterocycles. The summed E-state index contributed by atoms with van der Waals surface area (Å²) in [5.41, 5.74) is 3.10. The molecule has 0 radical (unpaired) electrons. The highest BCUT2D eigenvalue weighted by Gasteiger charge is 2.30. The van der Waals surface area contributed by atoms with E-state index in [1.807, 2.05) is 0 Å². The first kappa shape index (κ1) is 18.3. The van der Waals surface area contributed by atoms with E-state index in [4.69, 9.17) is 0 Å². The Morgan fingerprint density at radius 1 is 1.20 bits per heavy atom. The molecule has 1 N–H and O–H groups in total. The number of hydrogen-bond donors (Lipinski definition) is 1. The molecule has 3 aromatic heterocycles. The van der Waals surface area contributed by atoms with Gasteiger partial charge in [-0.3, -0.25) is 19.6 Å². The van der Waals surface area contributed by atoms with E-state index >= 15 is 0 Å². The molecule has 0 aliphatic carbocycles. The third-order valence-corrected chi connectivity index (χ3v) is 5.31. The summed E-state index contributed by atoms with van der Waals surface area (Å²) in [6.07, 6.45) is 3.63. The van der Waals surface area contributed by atoms with E-state index in [1.165, 1.54) is 4.68 Å². The standard InChI is InChI=1S/C20H15F3N6O/c1-28-19(10-6-13(21)17(23)14(22)7-10)11-3-5-29(9-16(11)27-28)20(30)18-12-8-24-4-2-15(12)25-26-18/h2,4,6-8H,3,5,9H2,1H3,(H,25,26). The smallest absolute Gasteiger partial charge is 0.275 e. The van der Waals surface area contributed by atoms with Crippen molar-refractivity contribution < 1.29 is 18.0 Å². The molecule has 0 unspecified atom stereocenters. The third-order valence-electron chi connectivity index (χ3n) is 5.31. The van der Waals surface area contributed by atoms with Crippen molar-refractivity contribution in [2.45, 2.75) is 13.0 Å². The normalized spacial score (nSPS) is 13.7. The first-order valence-electron chi connectivity index (χ1n) is 9.21. The summed E-state index contributed by atoms with van der Waals surface area (Å²) in [6.45, 7) is 0.605. The predicted octanol–water partition coefficient (Wildman–Crippen LogP) is 2.97. The summed E-state index contributed by atoms with van der Waals surface area (Å²) < 4.78 is 42.3. The molecule has 0 saturated carbocycles. The van der Waals surface area contributed by atoms with Crippen molar-refractivity contribution in [3.8, 4) is 11.3 Å². The molecule has 0 bridgehead atoms. The number of hydrogen-bond acceptors (Lipinski definition) is 4. The van der Waals surface area contributed by atoms with E-state index in [0.717, 1.165) is 17.7 Å². The van der Waals surface area contributed by atoms with Gasteiger partial charge in [-0.05, 0) is 24.6 Å². The van der Waals surface area contributed by atoms with Gasteiger partial charge in [-0.15, -0.1) is 0 Å². The molecule has 0 spiro atoms. The van der Waals surface area contributed by atoms with Crippen LogP contribution in [-0.4, -0.2) is 42.3 Å². The van der Waals surface area contributed by atoms with E-state index in [9.17, 15) is 18.0 Å². The van der Waals surface area contributed by atoms with Crippen LogP contribution < -0.4 is 0 Å². The fourth-order valence-electron chi connectivity index (χ4n) is 3.92. The van der Waals surface area contributed by atoms with Crippen molar-refractivity contribution in [1.82, 2.24) is 29.9 Å². The van der Waals surface area contributed by atoms with Crippen LogP contribution in [-0.2, 0) is 20.0 Å². The van der Waals surface area contributed by atoms with E-state index in [0.29, 0.717) is 35.3 Å². The monoisotopic (exact) mass is 412 g/mol. The molecule has 1 aromatic carbocycles. The zero-order valence-corrected chi connectivity index (χ0v) is 15.8. The van der Waals surface area contributed by atoms with Gasteiger partial charge in [0.2, 0.25) is 0 Å². The average molecular weight is 412 g/mol. The zero-order valence-electron chi connectivity index (χ0n) is 15.8. The van der Waals surface area contributed by atoms with Gasteiger partial charge in [0.15, 0.2) is 23.1 Å². The Labute approximate surface area is 168 Å². The Bertz CT molecular complexity index is 1290. The van der Waals surface area contributed by atoms with E-state index in [-0.39, 0.29) is 23.7 Å². The van der Waals surface area contributed by atoms with Crippen LogP contribution >= 0.6 is 0 Å². The SMILES string of the molecule is Cn1nc2c(c1-c1cc(F)c(F)c(F)c1)CCN(C(=O)c1n[nH]c3ccncc13)C2. The maximum absolute atomic E-state index is 13.7. The van der Waals surface area contributed by atoms with Gasteiger partial charge in [-0.25, -0.2) is 13.2 Å². The van der Waals surface area contributed by atoms with E-state index < -0.39 is 17.5 Å². The molecule has 0 saturated heterocycles. The van der Waals surface area contributed by atoms with Crippen molar-refractivity contribution in [2.75, 3.05) is 6.54 Å². The quantitative estimate of drug-likeness (QED) is 0.514. The molecule has 4 aromatic rings. The van der Waals surface area contributed by atoms with Crippen LogP contribution in [0.1, 0.15) is 21.7 Å². The third kappa shape index (κ3) is 2.75. The number of H-pyrrole nitrogens is 1. The molecule has 0 atom stereocenters. The van der Waals surface area contributed by atoms with Gasteiger partial charge in [0.05, 0.1) is 28.8 Å². The van der Waals surface area contributed by atoms with Crippen molar-refractivity contribution in [1.29, 1.82) is 0 Å². The van der Waals surface area contributed by atoms with Crippen LogP contribution in [0, 0.1) is 17.5 Å². The minimum Gasteiger partial charge on any atom is -0.331 e. The topological polar surface area (TPSA) is 79.7 Å². The molecule has 7 nitrogen and oxygen atoms in total. The van der Waals surface area contributed by atoms with Crippen molar-refractivity contribution in [3.05, 3.63) is 65.0 Å². The number of fused-ring (bicyclic) bond motifs is 2. The summed E-state index contributed by atoms with van der Waals surface area (Å²) in [6, 6.07) is 3.64. The molecule has 1 aliphatic rings. The summed E-state index contributed by atoms with van der Waals surface area (Å²) in [5.74, 6) is -4.28. The number of amides is 1. The Morgan fingerprint density at radius 3 is 2.73 bits per heavy atom. The van der Waals surface area contributed by atoms with E-state index in [2.05, 4.69) is 20.3 Å². The number of nitrogens with zero attached hydrogens (tertiary/aromatic N) is 5. The average Bonchev–Trinajstić information content (AvgIpc) is 3.30. The maximum atomic E-state index is 13.7. The van der Waals surface area contributed by atoms with Crippen LogP contribution in [0.5, 0.6) is 0 Å². The number of nitrogens with one attached hydrogen (secondary N) is 1. The van der Waals surface area contributed by atoms with Crippen LogP contribution in [0.2, 0.25) is 0 Å². The van der Waals surface area contributed by atoms with Crippen LogP contribution in [0.4, 0.5) is 13.2 Å². The van der Waals surface area contributed by atoms with Crippen LogP contribution in [0.15, 0.2) is 30.6 Å². The Balaban J connectivity index is 1.49. The largest absolute Gasteiger partial charge is 0.331 e. The molecule has 0 fully saturated rings. The Morgan fingerprint density at radius 2 is 1.97 bits per heavy atom. The number of rotatable bonds is 2. The first-order chi connectivity index (χ1) is 14.4. The highest BCUT2D eigenvalue weighted by Crippen LogP contribution is 2.32. The highest BCUT2D eigenvalue weighted by atomic mass is 19.2. The number of carbonyl (C=O) groups is 1. The minimum absolute atomic E-state index is 0.201. The molecule has 1 amide bonds. The number of carbonyl (C=O) groups excluding carboxylic acids is 1. The Kier molecular flexibility index (Phi) is 4.09. The predicted molar refractivity (Wildman–Crippen MR) is 101 cm³/mol. The zero-order chi connectivity index (χ0) is 21.0. The highest BCUT2D eigenvalue weighted by molar-refractivity contribution is 6.04. The van der Waals surface area contributed by atoms with Crippen LogP contribution in [0.3, 0.4) is 0 Å². The number of aromatic nitrogens is 5. The molecule has 30 heavy (non-hydrogen) atoms. The number of pyridine rings is 1. The van der Waals surface area contributed by atoms with Crippen molar-refractivity contribution in [2.24, 2.45) is 7.05 Å². The van der Waals surface area contributed by atoms with Crippen molar-refractivity contribution in [3.63, 3.8) is 0 Å². The van der Waals surface area contributed by atoms with Crippen LogP contribution in [0.25, 0.3) is 22.2 Å².